The second-order valence-corrected chi connectivity index (χ2v) is 5.20. The van der Waals surface area contributed by atoms with Gasteiger partial charge in [-0.05, 0) is 24.3 Å². The Bertz CT molecular complexity index is 438. The number of thioether (sulfide) groups is 1. The van der Waals surface area contributed by atoms with E-state index in [1.54, 1.807) is 24.3 Å². The molecule has 104 valence electrons. The van der Waals surface area contributed by atoms with E-state index in [1.165, 1.54) is 11.8 Å². The van der Waals surface area contributed by atoms with Gasteiger partial charge in [-0.25, -0.2) is 4.79 Å². The van der Waals surface area contributed by atoms with Crippen molar-refractivity contribution in [2.45, 2.75) is 17.4 Å². The van der Waals surface area contributed by atoms with Crippen LogP contribution in [-0.4, -0.2) is 40.5 Å². The Morgan fingerprint density at radius 1 is 1.32 bits per heavy atom. The molecule has 0 aliphatic rings. The standard InChI is InChI=1S/C12H14ClNO4S/c13-8-1-3-9(4-2-8)19-7-11(16)14-10(5-6-15)12(17)18/h1-4,10,15H,5-7H2,(H,14,16)(H,17,18)/t10-/m1/s1. The van der Waals surface area contributed by atoms with Gasteiger partial charge in [-0.15, -0.1) is 11.8 Å². The summed E-state index contributed by atoms with van der Waals surface area (Å²) < 4.78 is 0. The van der Waals surface area contributed by atoms with Crippen LogP contribution < -0.4 is 5.32 Å². The van der Waals surface area contributed by atoms with Crippen LogP contribution in [-0.2, 0) is 9.59 Å². The molecule has 0 aliphatic carbocycles. The van der Waals surface area contributed by atoms with Gasteiger partial charge in [0.05, 0.1) is 5.75 Å². The molecule has 0 saturated heterocycles. The van der Waals surface area contributed by atoms with Crippen molar-refractivity contribution in [3.8, 4) is 0 Å². The monoisotopic (exact) mass is 303 g/mol. The summed E-state index contributed by atoms with van der Waals surface area (Å²) in [5, 5.41) is 20.5. The fourth-order valence-corrected chi connectivity index (χ4v) is 2.14. The highest BCUT2D eigenvalue weighted by Gasteiger charge is 2.18. The minimum absolute atomic E-state index is 0.00726. The molecule has 0 radical (unpaired) electrons. The molecule has 0 unspecified atom stereocenters. The molecular formula is C12H14ClNO4S. The van der Waals surface area contributed by atoms with Gasteiger partial charge in [0, 0.05) is 22.9 Å². The highest BCUT2D eigenvalue weighted by atomic mass is 35.5. The van der Waals surface area contributed by atoms with Gasteiger partial charge in [0.1, 0.15) is 6.04 Å². The van der Waals surface area contributed by atoms with Crippen LogP contribution in [0.3, 0.4) is 0 Å². The molecule has 0 aromatic heterocycles. The van der Waals surface area contributed by atoms with Gasteiger partial charge >= 0.3 is 5.97 Å². The number of aliphatic hydroxyl groups excluding tert-OH is 1. The van der Waals surface area contributed by atoms with Crippen molar-refractivity contribution in [3.63, 3.8) is 0 Å². The lowest BCUT2D eigenvalue weighted by Gasteiger charge is -2.12. The first-order valence-electron chi connectivity index (χ1n) is 5.54. The minimum Gasteiger partial charge on any atom is -0.480 e. The van der Waals surface area contributed by atoms with Crippen LogP contribution in [0.2, 0.25) is 5.02 Å². The summed E-state index contributed by atoms with van der Waals surface area (Å²) in [4.78, 5) is 23.2. The zero-order chi connectivity index (χ0) is 14.3. The van der Waals surface area contributed by atoms with Crippen LogP contribution in [0.15, 0.2) is 29.2 Å². The number of rotatable bonds is 7. The number of amides is 1. The zero-order valence-electron chi connectivity index (χ0n) is 10.0. The lowest BCUT2D eigenvalue weighted by atomic mass is 10.2. The number of benzene rings is 1. The molecule has 19 heavy (non-hydrogen) atoms. The molecule has 0 saturated carbocycles. The first kappa shape index (κ1) is 15.8. The van der Waals surface area contributed by atoms with E-state index in [9.17, 15) is 9.59 Å². The quantitative estimate of drug-likeness (QED) is 0.663. The van der Waals surface area contributed by atoms with E-state index in [1.807, 2.05) is 0 Å². The van der Waals surface area contributed by atoms with Gasteiger partial charge < -0.3 is 15.5 Å². The molecule has 1 atom stereocenters. The second kappa shape index (κ2) is 8.04. The number of aliphatic carboxylic acids is 1. The van der Waals surface area contributed by atoms with Gasteiger partial charge in [-0.2, -0.15) is 0 Å². The topological polar surface area (TPSA) is 86.6 Å². The van der Waals surface area contributed by atoms with Crippen molar-refractivity contribution < 1.29 is 19.8 Å². The van der Waals surface area contributed by atoms with Crippen LogP contribution in [0.25, 0.3) is 0 Å². The number of aliphatic hydroxyl groups is 1. The third kappa shape index (κ3) is 5.96. The van der Waals surface area contributed by atoms with Gasteiger partial charge in [0.25, 0.3) is 0 Å². The number of hydrogen-bond donors (Lipinski definition) is 3. The number of hydrogen-bond acceptors (Lipinski definition) is 4. The molecule has 5 nitrogen and oxygen atoms in total. The van der Waals surface area contributed by atoms with Crippen LogP contribution in [0, 0.1) is 0 Å². The molecule has 0 fully saturated rings. The normalized spacial score (nSPS) is 11.9. The lowest BCUT2D eigenvalue weighted by Crippen LogP contribution is -2.42. The average Bonchev–Trinajstić information content (AvgIpc) is 2.37. The third-order valence-electron chi connectivity index (χ3n) is 2.23. The summed E-state index contributed by atoms with van der Waals surface area (Å²) in [6.45, 7) is -0.290. The SMILES string of the molecule is O=C(CSc1ccc(Cl)cc1)N[C@H](CCO)C(=O)O. The number of carboxylic acids is 1. The summed E-state index contributed by atoms with van der Waals surface area (Å²) in [5.41, 5.74) is 0. The maximum atomic E-state index is 11.6. The summed E-state index contributed by atoms with van der Waals surface area (Å²) in [5.74, 6) is -1.43. The molecule has 0 aliphatic heterocycles. The van der Waals surface area contributed by atoms with E-state index in [0.717, 1.165) is 4.90 Å². The molecule has 7 heteroatoms. The summed E-state index contributed by atoms with van der Waals surface area (Å²) >= 11 is 7.02. The Morgan fingerprint density at radius 3 is 2.47 bits per heavy atom. The van der Waals surface area contributed by atoms with Crippen molar-refractivity contribution in [1.82, 2.24) is 5.32 Å². The van der Waals surface area contributed by atoms with E-state index in [-0.39, 0.29) is 24.7 Å². The molecule has 1 rings (SSSR count). The number of carboxylic acid groups (broad SMARTS) is 1. The first-order valence-corrected chi connectivity index (χ1v) is 6.90. The molecule has 0 bridgehead atoms. The maximum absolute atomic E-state index is 11.6. The number of carbonyl (C=O) groups is 2. The molecule has 0 heterocycles. The molecule has 1 amide bonds. The Morgan fingerprint density at radius 2 is 1.95 bits per heavy atom. The zero-order valence-corrected chi connectivity index (χ0v) is 11.6. The fraction of sp³-hybridized carbons (Fsp3) is 0.333. The number of nitrogens with one attached hydrogen (secondary N) is 1. The Kier molecular flexibility index (Phi) is 6.69. The number of carbonyl (C=O) groups excluding carboxylic acids is 1. The largest absolute Gasteiger partial charge is 0.480 e. The van der Waals surface area contributed by atoms with Crippen molar-refractivity contribution in [3.05, 3.63) is 29.3 Å². The van der Waals surface area contributed by atoms with E-state index in [0.29, 0.717) is 5.02 Å². The minimum atomic E-state index is -1.15. The maximum Gasteiger partial charge on any atom is 0.326 e. The van der Waals surface area contributed by atoms with Gasteiger partial charge in [0.15, 0.2) is 0 Å². The predicted molar refractivity (Wildman–Crippen MR) is 73.4 cm³/mol. The highest BCUT2D eigenvalue weighted by molar-refractivity contribution is 8.00. The predicted octanol–water partition coefficient (Wildman–Crippen LogP) is 1.38. The van der Waals surface area contributed by atoms with Crippen LogP contribution in [0.4, 0.5) is 0 Å². The van der Waals surface area contributed by atoms with Gasteiger partial charge in [-0.3, -0.25) is 4.79 Å². The fourth-order valence-electron chi connectivity index (χ4n) is 1.30. The van der Waals surface area contributed by atoms with Gasteiger partial charge in [0.2, 0.25) is 5.91 Å². The van der Waals surface area contributed by atoms with E-state index in [4.69, 9.17) is 21.8 Å². The average molecular weight is 304 g/mol. The molecule has 1 aromatic rings. The molecule has 3 N–H and O–H groups in total. The van der Waals surface area contributed by atoms with Crippen molar-refractivity contribution in [2.24, 2.45) is 0 Å². The Balaban J connectivity index is 2.42. The number of halogens is 1. The van der Waals surface area contributed by atoms with Crippen LogP contribution in [0.1, 0.15) is 6.42 Å². The van der Waals surface area contributed by atoms with Crippen LogP contribution in [0.5, 0.6) is 0 Å². The molecule has 1 aromatic carbocycles. The van der Waals surface area contributed by atoms with Crippen LogP contribution >= 0.6 is 23.4 Å². The van der Waals surface area contributed by atoms with Crippen molar-refractivity contribution in [2.75, 3.05) is 12.4 Å². The van der Waals surface area contributed by atoms with Crippen molar-refractivity contribution >= 4 is 35.2 Å². The Labute approximate surface area is 120 Å². The second-order valence-electron chi connectivity index (χ2n) is 3.71. The third-order valence-corrected chi connectivity index (χ3v) is 3.50. The molecular weight excluding hydrogens is 290 g/mol. The van der Waals surface area contributed by atoms with Gasteiger partial charge in [-0.1, -0.05) is 11.6 Å². The van der Waals surface area contributed by atoms with E-state index in [2.05, 4.69) is 5.32 Å². The summed E-state index contributed by atoms with van der Waals surface area (Å²) in [6.07, 6.45) is -0.00726. The summed E-state index contributed by atoms with van der Waals surface area (Å²) in [6, 6.07) is 5.94. The van der Waals surface area contributed by atoms with E-state index >= 15 is 0 Å². The smallest absolute Gasteiger partial charge is 0.326 e. The molecule has 0 spiro atoms. The van der Waals surface area contributed by atoms with Crippen molar-refractivity contribution in [1.29, 1.82) is 0 Å². The lowest BCUT2D eigenvalue weighted by molar-refractivity contribution is -0.141. The Hall–Kier alpha value is -1.24. The summed E-state index contributed by atoms with van der Waals surface area (Å²) in [7, 11) is 0. The highest BCUT2D eigenvalue weighted by Crippen LogP contribution is 2.19. The van der Waals surface area contributed by atoms with E-state index < -0.39 is 12.0 Å². The first-order chi connectivity index (χ1) is 9.02.